The van der Waals surface area contributed by atoms with Crippen molar-refractivity contribution in [2.45, 2.75) is 13.8 Å². The maximum atomic E-state index is 11.3. The summed E-state index contributed by atoms with van der Waals surface area (Å²) in [6.07, 6.45) is 1.46. The van der Waals surface area contributed by atoms with E-state index in [-0.39, 0.29) is 5.97 Å². The van der Waals surface area contributed by atoms with Crippen LogP contribution in [-0.2, 0) is 4.74 Å². The number of carbonyl (C=O) groups is 1. The topological polar surface area (TPSA) is 42.4 Å². The normalized spacial score (nSPS) is 9.80. The van der Waals surface area contributed by atoms with E-state index in [1.54, 1.807) is 19.1 Å². The number of hydrogen-bond acceptors (Lipinski definition) is 4. The summed E-state index contributed by atoms with van der Waals surface area (Å²) in [5.74, 6) is 0.251. The summed E-state index contributed by atoms with van der Waals surface area (Å²) >= 11 is 5.84. The van der Waals surface area contributed by atoms with E-state index in [9.17, 15) is 4.79 Å². The van der Waals surface area contributed by atoms with Crippen LogP contribution in [0.15, 0.2) is 18.3 Å². The van der Waals surface area contributed by atoms with E-state index in [1.807, 2.05) is 6.92 Å². The van der Waals surface area contributed by atoms with Crippen LogP contribution < -0.4 is 4.42 Å². The van der Waals surface area contributed by atoms with Crippen molar-refractivity contribution in [3.63, 3.8) is 0 Å². The average molecular weight is 229 g/mol. The number of pyridine rings is 1. The standard InChI is InChI=1S/C10H13ClN2O2/c1-3-13(11)9-6-5-8(7-12-9)10(14)15-4-2/h5-7H,3-4H2,1-2H3. The molecule has 0 aliphatic carbocycles. The number of ether oxygens (including phenoxy) is 1. The van der Waals surface area contributed by atoms with Crippen LogP contribution in [0.3, 0.4) is 0 Å². The van der Waals surface area contributed by atoms with Gasteiger partial charge >= 0.3 is 5.97 Å². The summed E-state index contributed by atoms with van der Waals surface area (Å²) in [6, 6.07) is 3.33. The molecule has 0 bridgehead atoms. The van der Waals surface area contributed by atoms with Gasteiger partial charge in [-0.15, -0.1) is 0 Å². The Hall–Kier alpha value is -1.29. The molecule has 0 radical (unpaired) electrons. The first-order valence-corrected chi connectivity index (χ1v) is 5.09. The highest BCUT2D eigenvalue weighted by molar-refractivity contribution is 6.25. The zero-order chi connectivity index (χ0) is 11.3. The molecule has 5 heteroatoms. The van der Waals surface area contributed by atoms with Gasteiger partial charge in [0, 0.05) is 24.5 Å². The van der Waals surface area contributed by atoms with Gasteiger partial charge in [0.25, 0.3) is 0 Å². The lowest BCUT2D eigenvalue weighted by Crippen LogP contribution is -2.11. The number of rotatable bonds is 4. The SMILES string of the molecule is CCOC(=O)c1ccc(N(Cl)CC)nc1. The van der Waals surface area contributed by atoms with Crippen molar-refractivity contribution in [3.05, 3.63) is 23.9 Å². The highest BCUT2D eigenvalue weighted by Gasteiger charge is 2.08. The maximum Gasteiger partial charge on any atom is 0.339 e. The first-order chi connectivity index (χ1) is 7.19. The molecule has 0 N–H and O–H groups in total. The van der Waals surface area contributed by atoms with Crippen molar-refractivity contribution in [2.75, 3.05) is 17.6 Å². The zero-order valence-corrected chi connectivity index (χ0v) is 9.49. The Kier molecular flexibility index (Phi) is 4.37. The van der Waals surface area contributed by atoms with Crippen molar-refractivity contribution < 1.29 is 9.53 Å². The molecular formula is C10H13ClN2O2. The first-order valence-electron chi connectivity index (χ1n) is 4.75. The van der Waals surface area contributed by atoms with Gasteiger partial charge in [0.05, 0.1) is 12.2 Å². The highest BCUT2D eigenvalue weighted by atomic mass is 35.5. The van der Waals surface area contributed by atoms with E-state index in [0.717, 1.165) is 0 Å². The number of esters is 1. The number of halogens is 1. The number of hydrogen-bond donors (Lipinski definition) is 0. The van der Waals surface area contributed by atoms with Crippen LogP contribution in [0.4, 0.5) is 5.82 Å². The molecule has 1 aromatic heterocycles. The van der Waals surface area contributed by atoms with Crippen LogP contribution >= 0.6 is 11.8 Å². The van der Waals surface area contributed by atoms with E-state index < -0.39 is 0 Å². The minimum atomic E-state index is -0.367. The second kappa shape index (κ2) is 5.56. The fourth-order valence-corrected chi connectivity index (χ4v) is 1.13. The van der Waals surface area contributed by atoms with Gasteiger partial charge in [-0.3, -0.25) is 4.42 Å². The Morgan fingerprint density at radius 1 is 1.53 bits per heavy atom. The van der Waals surface area contributed by atoms with Gasteiger partial charge < -0.3 is 4.74 Å². The molecule has 0 aliphatic rings. The minimum absolute atomic E-state index is 0.358. The molecule has 1 heterocycles. The van der Waals surface area contributed by atoms with Crippen molar-refractivity contribution in [1.29, 1.82) is 0 Å². The lowest BCUT2D eigenvalue weighted by Gasteiger charge is -2.11. The number of carbonyl (C=O) groups excluding carboxylic acids is 1. The van der Waals surface area contributed by atoms with E-state index in [1.165, 1.54) is 10.6 Å². The van der Waals surface area contributed by atoms with Crippen LogP contribution in [0.5, 0.6) is 0 Å². The highest BCUT2D eigenvalue weighted by Crippen LogP contribution is 2.13. The second-order valence-corrected chi connectivity index (χ2v) is 3.21. The quantitative estimate of drug-likeness (QED) is 0.586. The molecule has 0 aromatic carbocycles. The van der Waals surface area contributed by atoms with Gasteiger partial charge in [0.2, 0.25) is 0 Å². The average Bonchev–Trinajstić information content (AvgIpc) is 2.28. The Balaban J connectivity index is 2.76. The summed E-state index contributed by atoms with van der Waals surface area (Å²) in [6.45, 7) is 4.68. The minimum Gasteiger partial charge on any atom is -0.462 e. The Morgan fingerprint density at radius 2 is 2.27 bits per heavy atom. The summed E-state index contributed by atoms with van der Waals surface area (Å²) in [5, 5.41) is 0. The van der Waals surface area contributed by atoms with Crippen LogP contribution in [0.25, 0.3) is 0 Å². The molecule has 0 saturated heterocycles. The fourth-order valence-electron chi connectivity index (χ4n) is 1.03. The monoisotopic (exact) mass is 228 g/mol. The lowest BCUT2D eigenvalue weighted by molar-refractivity contribution is 0.0526. The number of anilines is 1. The molecule has 0 saturated carbocycles. The van der Waals surface area contributed by atoms with Crippen molar-refractivity contribution in [2.24, 2.45) is 0 Å². The summed E-state index contributed by atoms with van der Waals surface area (Å²) in [7, 11) is 0. The molecule has 0 amide bonds. The van der Waals surface area contributed by atoms with Crippen LogP contribution in [-0.4, -0.2) is 24.1 Å². The van der Waals surface area contributed by atoms with Crippen molar-refractivity contribution in [3.8, 4) is 0 Å². The Bertz CT molecular complexity index is 327. The molecule has 0 unspecified atom stereocenters. The molecule has 1 aromatic rings. The van der Waals surface area contributed by atoms with Crippen LogP contribution in [0, 0.1) is 0 Å². The van der Waals surface area contributed by atoms with E-state index >= 15 is 0 Å². The van der Waals surface area contributed by atoms with Gasteiger partial charge in [0.1, 0.15) is 5.82 Å². The third kappa shape index (κ3) is 3.09. The van der Waals surface area contributed by atoms with Gasteiger partial charge in [0.15, 0.2) is 0 Å². The predicted molar refractivity (Wildman–Crippen MR) is 59.1 cm³/mol. The third-order valence-corrected chi connectivity index (χ3v) is 2.20. The lowest BCUT2D eigenvalue weighted by atomic mass is 10.3. The predicted octanol–water partition coefficient (Wildman–Crippen LogP) is 2.24. The molecule has 0 aliphatic heterocycles. The largest absolute Gasteiger partial charge is 0.462 e. The van der Waals surface area contributed by atoms with Crippen LogP contribution in [0.1, 0.15) is 24.2 Å². The fraction of sp³-hybridized carbons (Fsp3) is 0.400. The molecule has 15 heavy (non-hydrogen) atoms. The van der Waals surface area contributed by atoms with Crippen molar-refractivity contribution >= 4 is 23.6 Å². The van der Waals surface area contributed by atoms with Gasteiger partial charge in [-0.05, 0) is 26.0 Å². The smallest absolute Gasteiger partial charge is 0.339 e. The zero-order valence-electron chi connectivity index (χ0n) is 8.74. The Labute approximate surface area is 93.9 Å². The molecule has 0 atom stereocenters. The van der Waals surface area contributed by atoms with E-state index in [2.05, 4.69) is 4.98 Å². The van der Waals surface area contributed by atoms with Crippen LogP contribution in [0.2, 0.25) is 0 Å². The molecular weight excluding hydrogens is 216 g/mol. The number of aromatic nitrogens is 1. The van der Waals surface area contributed by atoms with E-state index in [0.29, 0.717) is 24.5 Å². The first kappa shape index (κ1) is 11.8. The molecule has 0 spiro atoms. The number of nitrogens with zero attached hydrogens (tertiary/aromatic N) is 2. The summed E-state index contributed by atoms with van der Waals surface area (Å²) < 4.78 is 6.30. The van der Waals surface area contributed by atoms with Crippen molar-refractivity contribution in [1.82, 2.24) is 4.98 Å². The molecule has 82 valence electrons. The van der Waals surface area contributed by atoms with Gasteiger partial charge in [-0.1, -0.05) is 0 Å². The molecule has 1 rings (SSSR count). The van der Waals surface area contributed by atoms with E-state index in [4.69, 9.17) is 16.5 Å². The Morgan fingerprint density at radius 3 is 2.73 bits per heavy atom. The molecule has 0 fully saturated rings. The van der Waals surface area contributed by atoms with Gasteiger partial charge in [-0.2, -0.15) is 0 Å². The summed E-state index contributed by atoms with van der Waals surface area (Å²) in [4.78, 5) is 15.3. The third-order valence-electron chi connectivity index (χ3n) is 1.79. The summed E-state index contributed by atoms with van der Waals surface area (Å²) in [5.41, 5.74) is 0.432. The molecule has 4 nitrogen and oxygen atoms in total. The van der Waals surface area contributed by atoms with Gasteiger partial charge in [-0.25, -0.2) is 9.78 Å². The second-order valence-electron chi connectivity index (χ2n) is 2.80. The maximum absolute atomic E-state index is 11.3.